The van der Waals surface area contributed by atoms with Gasteiger partial charge >= 0.3 is 0 Å². The highest BCUT2D eigenvalue weighted by Gasteiger charge is 2.31. The van der Waals surface area contributed by atoms with E-state index < -0.39 is 0 Å². The van der Waals surface area contributed by atoms with Gasteiger partial charge in [0.1, 0.15) is 10.0 Å². The fourth-order valence-corrected chi connectivity index (χ4v) is 4.71. The number of carbonyl (C=O) groups is 1. The van der Waals surface area contributed by atoms with Crippen molar-refractivity contribution >= 4 is 43.8 Å². The second-order valence-corrected chi connectivity index (χ2v) is 7.99. The third-order valence-electron chi connectivity index (χ3n) is 4.08. The third kappa shape index (κ3) is 2.34. The number of anilines is 1. The molecular formula is C17H16N2OS2. The SMILES string of the molecule is Cc1sc(NC(=O)C2CC2)c(-c2nc3ccccc3s2)c1C. The van der Waals surface area contributed by atoms with Gasteiger partial charge in [0.2, 0.25) is 5.91 Å². The van der Waals surface area contributed by atoms with Crippen molar-refractivity contribution in [2.24, 2.45) is 5.92 Å². The number of benzene rings is 1. The monoisotopic (exact) mass is 328 g/mol. The van der Waals surface area contributed by atoms with Gasteiger partial charge in [-0.3, -0.25) is 4.79 Å². The van der Waals surface area contributed by atoms with Crippen molar-refractivity contribution in [3.63, 3.8) is 0 Å². The van der Waals surface area contributed by atoms with Crippen molar-refractivity contribution < 1.29 is 4.79 Å². The van der Waals surface area contributed by atoms with E-state index in [1.165, 1.54) is 15.1 Å². The smallest absolute Gasteiger partial charge is 0.228 e. The molecule has 2 heterocycles. The largest absolute Gasteiger partial charge is 0.317 e. The summed E-state index contributed by atoms with van der Waals surface area (Å²) in [5, 5.41) is 5.07. The maximum absolute atomic E-state index is 12.1. The quantitative estimate of drug-likeness (QED) is 0.736. The molecule has 0 atom stereocenters. The number of para-hydroxylation sites is 1. The van der Waals surface area contributed by atoms with Gasteiger partial charge in [0, 0.05) is 16.4 Å². The molecule has 1 aromatic carbocycles. The van der Waals surface area contributed by atoms with Crippen LogP contribution in [0.15, 0.2) is 24.3 Å². The molecule has 2 aromatic heterocycles. The first-order chi connectivity index (χ1) is 10.6. The first-order valence-corrected chi connectivity index (χ1v) is 9.03. The zero-order chi connectivity index (χ0) is 15.3. The highest BCUT2D eigenvalue weighted by Crippen LogP contribution is 2.43. The number of fused-ring (bicyclic) bond motifs is 1. The van der Waals surface area contributed by atoms with Crippen LogP contribution in [0.3, 0.4) is 0 Å². The van der Waals surface area contributed by atoms with E-state index in [2.05, 4.69) is 25.2 Å². The lowest BCUT2D eigenvalue weighted by molar-refractivity contribution is -0.117. The van der Waals surface area contributed by atoms with Crippen molar-refractivity contribution in [2.75, 3.05) is 5.32 Å². The van der Waals surface area contributed by atoms with Gasteiger partial charge in [-0.1, -0.05) is 12.1 Å². The average molecular weight is 328 g/mol. The number of thiophene rings is 1. The van der Waals surface area contributed by atoms with Gasteiger partial charge in [-0.15, -0.1) is 22.7 Å². The van der Waals surface area contributed by atoms with Gasteiger partial charge in [0.05, 0.1) is 10.2 Å². The Morgan fingerprint density at radius 1 is 1.23 bits per heavy atom. The second-order valence-electron chi connectivity index (χ2n) is 5.74. The van der Waals surface area contributed by atoms with Gasteiger partial charge in [-0.2, -0.15) is 0 Å². The topological polar surface area (TPSA) is 42.0 Å². The number of hydrogen-bond donors (Lipinski definition) is 1. The van der Waals surface area contributed by atoms with Crippen molar-refractivity contribution in [1.82, 2.24) is 4.98 Å². The first-order valence-electron chi connectivity index (χ1n) is 7.40. The molecule has 0 saturated heterocycles. The lowest BCUT2D eigenvalue weighted by Gasteiger charge is -2.04. The fourth-order valence-electron chi connectivity index (χ4n) is 2.51. The Kier molecular flexibility index (Phi) is 3.27. The van der Waals surface area contributed by atoms with Crippen molar-refractivity contribution in [3.05, 3.63) is 34.7 Å². The van der Waals surface area contributed by atoms with E-state index in [9.17, 15) is 4.79 Å². The Hall–Kier alpha value is -1.72. The Morgan fingerprint density at radius 2 is 2.00 bits per heavy atom. The van der Waals surface area contributed by atoms with Crippen LogP contribution in [0.5, 0.6) is 0 Å². The van der Waals surface area contributed by atoms with Crippen LogP contribution < -0.4 is 5.32 Å². The molecule has 4 rings (SSSR count). The molecule has 0 radical (unpaired) electrons. The van der Waals surface area contributed by atoms with Gasteiger partial charge in [-0.25, -0.2) is 4.98 Å². The lowest BCUT2D eigenvalue weighted by atomic mass is 10.1. The molecule has 3 aromatic rings. The van der Waals surface area contributed by atoms with Crippen LogP contribution in [0, 0.1) is 19.8 Å². The molecule has 1 aliphatic rings. The van der Waals surface area contributed by atoms with Crippen LogP contribution in [0.1, 0.15) is 23.3 Å². The molecular weight excluding hydrogens is 312 g/mol. The molecule has 0 bridgehead atoms. The number of thiazole rings is 1. The molecule has 112 valence electrons. The van der Waals surface area contributed by atoms with Crippen LogP contribution in [-0.4, -0.2) is 10.9 Å². The molecule has 1 aliphatic carbocycles. The molecule has 1 N–H and O–H groups in total. The van der Waals surface area contributed by atoms with E-state index in [1.807, 2.05) is 18.2 Å². The molecule has 1 fully saturated rings. The van der Waals surface area contributed by atoms with Gasteiger partial charge in [0.25, 0.3) is 0 Å². The van der Waals surface area contributed by atoms with E-state index in [1.54, 1.807) is 22.7 Å². The number of amides is 1. The van der Waals surface area contributed by atoms with E-state index in [4.69, 9.17) is 4.98 Å². The van der Waals surface area contributed by atoms with Crippen LogP contribution in [0.2, 0.25) is 0 Å². The molecule has 1 amide bonds. The molecule has 3 nitrogen and oxygen atoms in total. The zero-order valence-corrected chi connectivity index (χ0v) is 14.1. The van der Waals surface area contributed by atoms with Crippen molar-refractivity contribution in [3.8, 4) is 10.6 Å². The first kappa shape index (κ1) is 13.9. The third-order valence-corrected chi connectivity index (χ3v) is 6.25. The minimum absolute atomic E-state index is 0.156. The molecule has 0 spiro atoms. The number of nitrogens with one attached hydrogen (secondary N) is 1. The molecule has 1 saturated carbocycles. The molecule has 0 aliphatic heterocycles. The minimum atomic E-state index is 0.156. The minimum Gasteiger partial charge on any atom is -0.317 e. The number of carbonyl (C=O) groups excluding carboxylic acids is 1. The number of rotatable bonds is 3. The van der Waals surface area contributed by atoms with Crippen molar-refractivity contribution in [1.29, 1.82) is 0 Å². The van der Waals surface area contributed by atoms with Crippen LogP contribution in [0.4, 0.5) is 5.00 Å². The van der Waals surface area contributed by atoms with Crippen LogP contribution in [-0.2, 0) is 4.79 Å². The van der Waals surface area contributed by atoms with Gasteiger partial charge < -0.3 is 5.32 Å². The predicted molar refractivity (Wildman–Crippen MR) is 93.8 cm³/mol. The summed E-state index contributed by atoms with van der Waals surface area (Å²) in [5.41, 5.74) is 3.33. The Morgan fingerprint density at radius 3 is 2.73 bits per heavy atom. The van der Waals surface area contributed by atoms with E-state index in [0.717, 1.165) is 33.9 Å². The number of aromatic nitrogens is 1. The zero-order valence-electron chi connectivity index (χ0n) is 12.5. The number of nitrogens with zero attached hydrogens (tertiary/aromatic N) is 1. The number of aryl methyl sites for hydroxylation is 1. The summed E-state index contributed by atoms with van der Waals surface area (Å²) in [4.78, 5) is 18.1. The Labute approximate surface area is 137 Å². The Bertz CT molecular complexity index is 841. The molecule has 5 heteroatoms. The molecule has 22 heavy (non-hydrogen) atoms. The average Bonchev–Trinajstić information content (AvgIpc) is 3.21. The summed E-state index contributed by atoms with van der Waals surface area (Å²) in [6.07, 6.45) is 2.04. The van der Waals surface area contributed by atoms with Crippen LogP contribution >= 0.6 is 22.7 Å². The summed E-state index contributed by atoms with van der Waals surface area (Å²) < 4.78 is 1.18. The maximum atomic E-state index is 12.1. The number of hydrogen-bond acceptors (Lipinski definition) is 4. The summed E-state index contributed by atoms with van der Waals surface area (Å²) in [6.45, 7) is 4.21. The molecule has 0 unspecified atom stereocenters. The highest BCUT2D eigenvalue weighted by atomic mass is 32.1. The van der Waals surface area contributed by atoms with Gasteiger partial charge in [-0.05, 0) is 44.4 Å². The van der Waals surface area contributed by atoms with Crippen LogP contribution in [0.25, 0.3) is 20.8 Å². The van der Waals surface area contributed by atoms with Gasteiger partial charge in [0.15, 0.2) is 0 Å². The predicted octanol–water partition coefficient (Wildman–Crippen LogP) is 4.99. The standard InChI is InChI=1S/C17H16N2OS2/c1-9-10(2)21-17(19-15(20)11-7-8-11)14(9)16-18-12-5-3-4-6-13(12)22-16/h3-6,11H,7-8H2,1-2H3,(H,19,20). The summed E-state index contributed by atoms with van der Waals surface area (Å²) in [6, 6.07) is 8.17. The second kappa shape index (κ2) is 5.18. The lowest BCUT2D eigenvalue weighted by Crippen LogP contribution is -2.12. The van der Waals surface area contributed by atoms with E-state index >= 15 is 0 Å². The summed E-state index contributed by atoms with van der Waals surface area (Å²) in [7, 11) is 0. The maximum Gasteiger partial charge on any atom is 0.228 e. The van der Waals surface area contributed by atoms with E-state index in [0.29, 0.717) is 0 Å². The summed E-state index contributed by atoms with van der Waals surface area (Å²) in [5.74, 6) is 0.370. The highest BCUT2D eigenvalue weighted by molar-refractivity contribution is 7.22. The Balaban J connectivity index is 1.80. The van der Waals surface area contributed by atoms with E-state index in [-0.39, 0.29) is 11.8 Å². The normalized spacial score (nSPS) is 14.5. The van der Waals surface area contributed by atoms with Crippen molar-refractivity contribution in [2.45, 2.75) is 26.7 Å². The summed E-state index contributed by atoms with van der Waals surface area (Å²) >= 11 is 3.34. The fraction of sp³-hybridized carbons (Fsp3) is 0.294.